The third-order valence-corrected chi connectivity index (χ3v) is 4.09. The van der Waals surface area contributed by atoms with Gasteiger partial charge in [-0.05, 0) is 29.9 Å². The monoisotopic (exact) mass is 272 g/mol. The largest absolute Gasteiger partial charge is 0.355 e. The molecule has 2 rings (SSSR count). The predicted octanol–water partition coefficient (Wildman–Crippen LogP) is 3.96. The second kappa shape index (κ2) is 5.45. The summed E-state index contributed by atoms with van der Waals surface area (Å²) in [6, 6.07) is 1.92. The smallest absolute Gasteiger partial charge is 0.147 e. The molecule has 2 heterocycles. The van der Waals surface area contributed by atoms with Crippen molar-refractivity contribution >= 4 is 29.0 Å². The molecular weight excluding hydrogens is 255 g/mol. The van der Waals surface area contributed by atoms with Crippen LogP contribution in [-0.2, 0) is 5.88 Å². The van der Waals surface area contributed by atoms with E-state index in [2.05, 4.69) is 23.7 Å². The minimum Gasteiger partial charge on any atom is -0.355 e. The molecule has 17 heavy (non-hydrogen) atoms. The van der Waals surface area contributed by atoms with Gasteiger partial charge in [-0.1, -0.05) is 25.4 Å². The molecular formula is C13H18Cl2N2. The van der Waals surface area contributed by atoms with Crippen LogP contribution in [0.2, 0.25) is 5.02 Å². The van der Waals surface area contributed by atoms with Crippen molar-refractivity contribution in [2.24, 2.45) is 11.8 Å². The van der Waals surface area contributed by atoms with E-state index in [1.165, 1.54) is 6.42 Å². The molecule has 0 radical (unpaired) electrons. The maximum absolute atomic E-state index is 6.25. The van der Waals surface area contributed by atoms with E-state index >= 15 is 0 Å². The maximum Gasteiger partial charge on any atom is 0.147 e. The summed E-state index contributed by atoms with van der Waals surface area (Å²) < 4.78 is 0. The van der Waals surface area contributed by atoms with Crippen LogP contribution in [0.15, 0.2) is 12.3 Å². The summed E-state index contributed by atoms with van der Waals surface area (Å²) in [4.78, 5) is 6.72. The molecule has 1 aromatic rings. The molecule has 1 atom stereocenters. The third kappa shape index (κ3) is 2.86. The Morgan fingerprint density at radius 3 is 2.82 bits per heavy atom. The van der Waals surface area contributed by atoms with E-state index in [1.54, 1.807) is 0 Å². The molecule has 0 amide bonds. The molecule has 1 aliphatic heterocycles. The Kier molecular flexibility index (Phi) is 4.16. The molecule has 1 aliphatic rings. The Hall–Kier alpha value is -0.470. The summed E-state index contributed by atoms with van der Waals surface area (Å²) in [6.45, 7) is 6.67. The van der Waals surface area contributed by atoms with Crippen LogP contribution in [0.5, 0.6) is 0 Å². The number of anilines is 1. The van der Waals surface area contributed by atoms with Crippen molar-refractivity contribution in [2.75, 3.05) is 18.0 Å². The fraction of sp³-hybridized carbons (Fsp3) is 0.615. The second-order valence-electron chi connectivity index (χ2n) is 5.02. The Balaban J connectivity index is 2.13. The SMILES string of the molecule is CC(C)C1CCN(c2ncc(CCl)cc2Cl)C1. The van der Waals surface area contributed by atoms with Gasteiger partial charge in [-0.25, -0.2) is 4.98 Å². The minimum atomic E-state index is 0.460. The highest BCUT2D eigenvalue weighted by molar-refractivity contribution is 6.33. The number of hydrogen-bond acceptors (Lipinski definition) is 2. The van der Waals surface area contributed by atoms with Gasteiger partial charge in [-0.3, -0.25) is 0 Å². The number of alkyl halides is 1. The summed E-state index contributed by atoms with van der Waals surface area (Å²) in [6.07, 6.45) is 3.05. The van der Waals surface area contributed by atoms with Crippen LogP contribution in [0.25, 0.3) is 0 Å². The number of pyridine rings is 1. The molecule has 0 spiro atoms. The van der Waals surface area contributed by atoms with Crippen molar-refractivity contribution in [3.8, 4) is 0 Å². The van der Waals surface area contributed by atoms with Gasteiger partial charge in [-0.15, -0.1) is 11.6 Å². The number of aromatic nitrogens is 1. The molecule has 0 bridgehead atoms. The second-order valence-corrected chi connectivity index (χ2v) is 5.70. The number of nitrogens with zero attached hydrogens (tertiary/aromatic N) is 2. The van der Waals surface area contributed by atoms with Gasteiger partial charge in [0.15, 0.2) is 0 Å². The van der Waals surface area contributed by atoms with Gasteiger partial charge in [0, 0.05) is 25.2 Å². The number of hydrogen-bond donors (Lipinski definition) is 0. The highest BCUT2D eigenvalue weighted by Gasteiger charge is 2.26. The average molecular weight is 273 g/mol. The molecule has 0 aliphatic carbocycles. The number of rotatable bonds is 3. The van der Waals surface area contributed by atoms with E-state index in [-0.39, 0.29) is 0 Å². The molecule has 1 fully saturated rings. The lowest BCUT2D eigenvalue weighted by Gasteiger charge is -2.20. The van der Waals surface area contributed by atoms with Gasteiger partial charge < -0.3 is 4.90 Å². The third-order valence-electron chi connectivity index (χ3n) is 3.50. The predicted molar refractivity (Wildman–Crippen MR) is 74.0 cm³/mol. The normalized spacial score (nSPS) is 20.3. The lowest BCUT2D eigenvalue weighted by molar-refractivity contribution is 0.422. The van der Waals surface area contributed by atoms with Gasteiger partial charge in [0.25, 0.3) is 0 Å². The van der Waals surface area contributed by atoms with Crippen molar-refractivity contribution in [3.05, 3.63) is 22.8 Å². The molecule has 94 valence electrons. The first-order valence-corrected chi connectivity index (χ1v) is 6.98. The average Bonchev–Trinajstić information content (AvgIpc) is 2.78. The lowest BCUT2D eigenvalue weighted by atomic mass is 9.95. The zero-order chi connectivity index (χ0) is 12.4. The summed E-state index contributed by atoms with van der Waals surface area (Å²) in [5.74, 6) is 2.84. The number of halogens is 2. The maximum atomic E-state index is 6.25. The van der Waals surface area contributed by atoms with E-state index in [0.29, 0.717) is 10.9 Å². The zero-order valence-electron chi connectivity index (χ0n) is 10.3. The van der Waals surface area contributed by atoms with E-state index < -0.39 is 0 Å². The first-order valence-electron chi connectivity index (χ1n) is 6.07. The van der Waals surface area contributed by atoms with Crippen LogP contribution in [0.3, 0.4) is 0 Å². The standard InChI is InChI=1S/C13H18Cl2N2/c1-9(2)11-3-4-17(8-11)13-12(15)5-10(6-14)7-16-13/h5,7,9,11H,3-4,6,8H2,1-2H3. The molecule has 0 saturated carbocycles. The topological polar surface area (TPSA) is 16.1 Å². The van der Waals surface area contributed by atoms with E-state index in [4.69, 9.17) is 23.2 Å². The summed E-state index contributed by atoms with van der Waals surface area (Å²) >= 11 is 12.0. The Morgan fingerprint density at radius 2 is 2.29 bits per heavy atom. The molecule has 1 saturated heterocycles. The van der Waals surface area contributed by atoms with Gasteiger partial charge in [-0.2, -0.15) is 0 Å². The minimum absolute atomic E-state index is 0.460. The Labute approximate surface area is 113 Å². The fourth-order valence-corrected chi connectivity index (χ4v) is 2.75. The Morgan fingerprint density at radius 1 is 1.53 bits per heavy atom. The summed E-state index contributed by atoms with van der Waals surface area (Å²) in [5.41, 5.74) is 0.972. The lowest BCUT2D eigenvalue weighted by Crippen LogP contribution is -2.22. The van der Waals surface area contributed by atoms with Crippen molar-refractivity contribution in [1.29, 1.82) is 0 Å². The summed E-state index contributed by atoms with van der Waals surface area (Å²) in [5, 5.41) is 0.715. The van der Waals surface area contributed by atoms with Crippen molar-refractivity contribution in [3.63, 3.8) is 0 Å². The van der Waals surface area contributed by atoms with Crippen LogP contribution in [-0.4, -0.2) is 18.1 Å². The molecule has 1 unspecified atom stereocenters. The quantitative estimate of drug-likeness (QED) is 0.775. The van der Waals surface area contributed by atoms with Gasteiger partial charge in [0.05, 0.1) is 5.02 Å². The first-order chi connectivity index (χ1) is 8.11. The molecule has 1 aromatic heterocycles. The van der Waals surface area contributed by atoms with Crippen LogP contribution >= 0.6 is 23.2 Å². The van der Waals surface area contributed by atoms with Crippen LogP contribution in [0.4, 0.5) is 5.82 Å². The van der Waals surface area contributed by atoms with E-state index in [0.717, 1.165) is 36.3 Å². The van der Waals surface area contributed by atoms with Crippen LogP contribution in [0.1, 0.15) is 25.8 Å². The fourth-order valence-electron chi connectivity index (χ4n) is 2.30. The molecule has 0 aromatic carbocycles. The summed E-state index contributed by atoms with van der Waals surface area (Å²) in [7, 11) is 0. The Bertz CT molecular complexity index is 393. The molecule has 0 N–H and O–H groups in total. The van der Waals surface area contributed by atoms with E-state index in [9.17, 15) is 0 Å². The van der Waals surface area contributed by atoms with Gasteiger partial charge in [0.1, 0.15) is 5.82 Å². The van der Waals surface area contributed by atoms with E-state index in [1.807, 2.05) is 12.3 Å². The first kappa shape index (κ1) is 13.0. The van der Waals surface area contributed by atoms with Gasteiger partial charge >= 0.3 is 0 Å². The molecule has 2 nitrogen and oxygen atoms in total. The van der Waals surface area contributed by atoms with Crippen molar-refractivity contribution in [1.82, 2.24) is 4.98 Å². The van der Waals surface area contributed by atoms with Crippen LogP contribution < -0.4 is 4.90 Å². The highest BCUT2D eigenvalue weighted by atomic mass is 35.5. The highest BCUT2D eigenvalue weighted by Crippen LogP contribution is 2.31. The van der Waals surface area contributed by atoms with Crippen molar-refractivity contribution in [2.45, 2.75) is 26.1 Å². The molecule has 4 heteroatoms. The van der Waals surface area contributed by atoms with Crippen molar-refractivity contribution < 1.29 is 0 Å². The van der Waals surface area contributed by atoms with Gasteiger partial charge in [0.2, 0.25) is 0 Å². The zero-order valence-corrected chi connectivity index (χ0v) is 11.8. The van der Waals surface area contributed by atoms with Crippen LogP contribution in [0, 0.1) is 11.8 Å².